The molecule has 0 fully saturated rings. The Morgan fingerprint density at radius 3 is 2.03 bits per heavy atom. The Morgan fingerprint density at radius 1 is 0.789 bits per heavy atom. The van der Waals surface area contributed by atoms with Crippen LogP contribution in [0, 0.1) is 0 Å². The van der Waals surface area contributed by atoms with Crippen molar-refractivity contribution < 1.29 is 14.2 Å². The van der Waals surface area contributed by atoms with Gasteiger partial charge in [0.2, 0.25) is 0 Å². The molecule has 6 rings (SSSR count). The Balaban J connectivity index is 1.45. The number of rotatable bonds is 6. The van der Waals surface area contributed by atoms with Gasteiger partial charge in [0.05, 0.1) is 38.8 Å². The minimum Gasteiger partial charge on any atom is -0.497 e. The van der Waals surface area contributed by atoms with Crippen molar-refractivity contribution in [2.45, 2.75) is 25.3 Å². The molecule has 0 amide bonds. The van der Waals surface area contributed by atoms with Gasteiger partial charge in [-0.2, -0.15) is 0 Å². The molecule has 38 heavy (non-hydrogen) atoms. The lowest BCUT2D eigenvalue weighted by molar-refractivity contribution is 0.413. The van der Waals surface area contributed by atoms with Crippen LogP contribution >= 0.6 is 11.8 Å². The molecule has 0 saturated heterocycles. The lowest BCUT2D eigenvalue weighted by Crippen LogP contribution is -2.34. The zero-order valence-corrected chi connectivity index (χ0v) is 22.6. The average molecular weight is 523 g/mol. The summed E-state index contributed by atoms with van der Waals surface area (Å²) in [5.74, 6) is 2.58. The van der Waals surface area contributed by atoms with Gasteiger partial charge in [0.15, 0.2) is 5.17 Å². The largest absolute Gasteiger partial charge is 0.497 e. The third kappa shape index (κ3) is 4.50. The number of ether oxygens (including phenoxy) is 3. The number of benzene rings is 3. The summed E-state index contributed by atoms with van der Waals surface area (Å²) in [7, 11) is 5.10. The zero-order valence-electron chi connectivity index (χ0n) is 21.8. The minimum atomic E-state index is 0.0614. The van der Waals surface area contributed by atoms with Gasteiger partial charge in [-0.05, 0) is 102 Å². The van der Waals surface area contributed by atoms with Gasteiger partial charge in [-0.1, -0.05) is 36.0 Å². The third-order valence-electron chi connectivity index (χ3n) is 7.31. The summed E-state index contributed by atoms with van der Waals surface area (Å²) >= 11 is 1.69. The predicted octanol–water partition coefficient (Wildman–Crippen LogP) is 7.69. The molecule has 192 valence electrons. The lowest BCUT2D eigenvalue weighted by atomic mass is 9.82. The predicted molar refractivity (Wildman–Crippen MR) is 155 cm³/mol. The van der Waals surface area contributed by atoms with Gasteiger partial charge in [0.25, 0.3) is 0 Å². The van der Waals surface area contributed by atoms with Crippen molar-refractivity contribution in [3.05, 3.63) is 112 Å². The van der Waals surface area contributed by atoms with Crippen molar-refractivity contribution in [2.24, 2.45) is 4.99 Å². The number of allylic oxidation sites excluding steroid dienone is 1. The first-order valence-electron chi connectivity index (χ1n) is 12.8. The summed E-state index contributed by atoms with van der Waals surface area (Å²) in [6.45, 7) is 0. The fourth-order valence-corrected chi connectivity index (χ4v) is 6.30. The first-order chi connectivity index (χ1) is 18.7. The normalized spacial score (nSPS) is 19.5. The van der Waals surface area contributed by atoms with Crippen LogP contribution in [0.4, 0.5) is 0 Å². The molecule has 3 aromatic carbocycles. The third-order valence-corrected chi connectivity index (χ3v) is 8.15. The van der Waals surface area contributed by atoms with Crippen molar-refractivity contribution in [3.8, 4) is 17.2 Å². The molecule has 5 nitrogen and oxygen atoms in total. The van der Waals surface area contributed by atoms with Crippen LogP contribution < -0.4 is 14.2 Å². The molecule has 2 heterocycles. The molecular weight excluding hydrogens is 492 g/mol. The van der Waals surface area contributed by atoms with Gasteiger partial charge in [0.1, 0.15) is 17.2 Å². The molecule has 0 N–H and O–H groups in total. The van der Waals surface area contributed by atoms with E-state index in [0.717, 1.165) is 64.2 Å². The second kappa shape index (κ2) is 10.5. The SMILES string of the molecule is COc1ccc(/C=C2\CCCC3=C2N=C2SC=C(c4ccc(OC)cc4)N2[C@@H]3c2ccc(OC)cc2)cc1. The van der Waals surface area contributed by atoms with Crippen molar-refractivity contribution in [2.75, 3.05) is 21.3 Å². The van der Waals surface area contributed by atoms with E-state index in [1.54, 1.807) is 33.1 Å². The van der Waals surface area contributed by atoms with Crippen LogP contribution in [0.15, 0.2) is 100 Å². The molecule has 0 saturated carbocycles. The number of aliphatic imine (C=N–C) groups is 1. The maximum atomic E-state index is 5.47. The molecule has 1 aliphatic carbocycles. The van der Waals surface area contributed by atoms with Crippen molar-refractivity contribution >= 4 is 28.7 Å². The second-order valence-corrected chi connectivity index (χ2v) is 10.3. The summed E-state index contributed by atoms with van der Waals surface area (Å²) in [6, 6.07) is 25.1. The maximum absolute atomic E-state index is 5.47. The van der Waals surface area contributed by atoms with Crippen molar-refractivity contribution in [3.63, 3.8) is 0 Å². The molecule has 3 aromatic rings. The minimum absolute atomic E-state index is 0.0614. The Morgan fingerprint density at radius 2 is 1.39 bits per heavy atom. The van der Waals surface area contributed by atoms with E-state index in [4.69, 9.17) is 19.2 Å². The molecule has 0 spiro atoms. The number of hydrogen-bond acceptors (Lipinski definition) is 6. The number of hydrogen-bond donors (Lipinski definition) is 0. The van der Waals surface area contributed by atoms with E-state index in [0.29, 0.717) is 0 Å². The standard InChI is InChI=1S/C32H30N2O3S/c1-35-25-13-7-21(8-14-25)19-24-5-4-6-28-30(24)33-32-34(31(28)23-11-17-27(37-3)18-12-23)29(20-38-32)22-9-15-26(36-2)16-10-22/h7-20,31H,4-6H2,1-3H3/b24-19+/t31-/m1/s1. The van der Waals surface area contributed by atoms with Crippen LogP contribution in [-0.4, -0.2) is 31.4 Å². The monoisotopic (exact) mass is 522 g/mol. The fraction of sp³-hybridized carbons (Fsp3) is 0.219. The molecule has 3 aliphatic rings. The Labute approximate surface area is 228 Å². The van der Waals surface area contributed by atoms with Gasteiger partial charge in [-0.25, -0.2) is 4.99 Å². The summed E-state index contributed by atoms with van der Waals surface area (Å²) < 4.78 is 16.2. The Kier molecular flexibility index (Phi) is 6.73. The van der Waals surface area contributed by atoms with E-state index in [-0.39, 0.29) is 6.04 Å². The summed E-state index contributed by atoms with van der Waals surface area (Å²) in [5, 5.41) is 3.24. The fourth-order valence-electron chi connectivity index (χ4n) is 5.38. The highest BCUT2D eigenvalue weighted by Crippen LogP contribution is 2.51. The smallest absolute Gasteiger partial charge is 0.174 e. The van der Waals surface area contributed by atoms with Crippen LogP contribution in [-0.2, 0) is 0 Å². The number of nitrogens with zero attached hydrogens (tertiary/aromatic N) is 2. The van der Waals surface area contributed by atoms with E-state index in [1.807, 2.05) is 24.3 Å². The molecule has 2 aliphatic heterocycles. The molecular formula is C32H30N2O3S. The first kappa shape index (κ1) is 24.4. The van der Waals surface area contributed by atoms with Crippen LogP contribution in [0.3, 0.4) is 0 Å². The van der Waals surface area contributed by atoms with Crippen LogP contribution in [0.2, 0.25) is 0 Å². The average Bonchev–Trinajstić information content (AvgIpc) is 3.40. The van der Waals surface area contributed by atoms with E-state index in [9.17, 15) is 0 Å². The van der Waals surface area contributed by atoms with Gasteiger partial charge < -0.3 is 19.1 Å². The molecule has 0 radical (unpaired) electrons. The second-order valence-electron chi connectivity index (χ2n) is 9.46. The topological polar surface area (TPSA) is 43.3 Å². The highest BCUT2D eigenvalue weighted by molar-refractivity contribution is 8.16. The van der Waals surface area contributed by atoms with E-state index >= 15 is 0 Å². The van der Waals surface area contributed by atoms with Crippen LogP contribution in [0.1, 0.15) is 42.0 Å². The van der Waals surface area contributed by atoms with Crippen LogP contribution in [0.25, 0.3) is 11.8 Å². The van der Waals surface area contributed by atoms with E-state index < -0.39 is 0 Å². The Hall–Kier alpha value is -3.90. The van der Waals surface area contributed by atoms with Crippen LogP contribution in [0.5, 0.6) is 17.2 Å². The number of amidine groups is 1. The van der Waals surface area contributed by atoms with E-state index in [1.165, 1.54) is 16.7 Å². The molecule has 0 unspecified atom stereocenters. The number of fused-ring (bicyclic) bond motifs is 1. The highest BCUT2D eigenvalue weighted by atomic mass is 32.2. The molecule has 0 bridgehead atoms. The van der Waals surface area contributed by atoms with E-state index in [2.05, 4.69) is 64.9 Å². The molecule has 6 heteroatoms. The van der Waals surface area contributed by atoms with Crippen molar-refractivity contribution in [1.29, 1.82) is 0 Å². The summed E-state index contributed by atoms with van der Waals surface area (Å²) in [5.41, 5.74) is 8.50. The number of methoxy groups -OCH3 is 3. The van der Waals surface area contributed by atoms with Gasteiger partial charge >= 0.3 is 0 Å². The lowest BCUT2D eigenvalue weighted by Gasteiger charge is -2.40. The Bertz CT molecular complexity index is 1450. The summed E-state index contributed by atoms with van der Waals surface area (Å²) in [6.07, 6.45) is 5.41. The van der Waals surface area contributed by atoms with Gasteiger partial charge in [-0.15, -0.1) is 0 Å². The van der Waals surface area contributed by atoms with Crippen molar-refractivity contribution in [1.82, 2.24) is 4.90 Å². The van der Waals surface area contributed by atoms with Gasteiger partial charge in [-0.3, -0.25) is 0 Å². The van der Waals surface area contributed by atoms with Gasteiger partial charge in [0, 0.05) is 5.41 Å². The maximum Gasteiger partial charge on any atom is 0.174 e. The molecule has 0 aromatic heterocycles. The quantitative estimate of drug-likeness (QED) is 0.332. The number of thioether (sulfide) groups is 1. The molecule has 1 atom stereocenters. The zero-order chi connectivity index (χ0) is 26.1. The first-order valence-corrected chi connectivity index (χ1v) is 13.7. The summed E-state index contributed by atoms with van der Waals surface area (Å²) in [4.78, 5) is 7.69. The highest BCUT2D eigenvalue weighted by Gasteiger charge is 2.40.